The summed E-state index contributed by atoms with van der Waals surface area (Å²) in [6, 6.07) is 10.7. The summed E-state index contributed by atoms with van der Waals surface area (Å²) in [6.45, 7) is 4.92. The van der Waals surface area contributed by atoms with Gasteiger partial charge in [-0.05, 0) is 30.5 Å². The molecule has 94 valence electrons. The number of furan rings is 1. The smallest absolute Gasteiger partial charge is 0.111 e. The highest BCUT2D eigenvalue weighted by molar-refractivity contribution is 5.39. The molecule has 2 heterocycles. The van der Waals surface area contributed by atoms with Crippen LogP contribution in [-0.2, 0) is 17.6 Å². The van der Waals surface area contributed by atoms with E-state index in [4.69, 9.17) is 9.15 Å². The van der Waals surface area contributed by atoms with Gasteiger partial charge in [0.05, 0.1) is 6.61 Å². The first-order valence-electron chi connectivity index (χ1n) is 6.58. The molecule has 2 nitrogen and oxygen atoms in total. The summed E-state index contributed by atoms with van der Waals surface area (Å²) in [5.74, 6) is 2.02. The Hall–Kier alpha value is -1.54. The topological polar surface area (TPSA) is 22.4 Å². The van der Waals surface area contributed by atoms with E-state index >= 15 is 0 Å². The van der Waals surface area contributed by atoms with E-state index < -0.39 is 0 Å². The first-order valence-corrected chi connectivity index (χ1v) is 6.58. The van der Waals surface area contributed by atoms with E-state index in [1.165, 1.54) is 16.7 Å². The Balaban J connectivity index is 2.05. The molecular formula is C16H18O2. The second-order valence-electron chi connectivity index (χ2n) is 4.78. The van der Waals surface area contributed by atoms with Crippen LogP contribution in [0.15, 0.2) is 34.7 Å². The van der Waals surface area contributed by atoms with Gasteiger partial charge in [0.2, 0.25) is 0 Å². The number of aryl methyl sites for hydroxylation is 2. The first kappa shape index (κ1) is 11.5. The van der Waals surface area contributed by atoms with E-state index in [0.717, 1.165) is 31.0 Å². The highest BCUT2D eigenvalue weighted by Crippen LogP contribution is 2.35. The van der Waals surface area contributed by atoms with Crippen molar-refractivity contribution in [2.45, 2.75) is 32.8 Å². The summed E-state index contributed by atoms with van der Waals surface area (Å²) in [6.07, 6.45) is 1.97. The van der Waals surface area contributed by atoms with Gasteiger partial charge in [-0.15, -0.1) is 0 Å². The number of hydrogen-bond acceptors (Lipinski definition) is 2. The van der Waals surface area contributed by atoms with Crippen molar-refractivity contribution in [1.82, 2.24) is 0 Å². The van der Waals surface area contributed by atoms with Gasteiger partial charge < -0.3 is 9.15 Å². The van der Waals surface area contributed by atoms with Gasteiger partial charge in [-0.25, -0.2) is 0 Å². The van der Waals surface area contributed by atoms with E-state index in [0.29, 0.717) is 0 Å². The molecule has 0 saturated carbocycles. The molecule has 18 heavy (non-hydrogen) atoms. The Morgan fingerprint density at radius 3 is 2.83 bits per heavy atom. The summed E-state index contributed by atoms with van der Waals surface area (Å²) >= 11 is 0. The van der Waals surface area contributed by atoms with Crippen LogP contribution in [0.1, 0.15) is 41.2 Å². The molecule has 0 N–H and O–H groups in total. The molecule has 0 saturated heterocycles. The molecule has 0 amide bonds. The number of fused-ring (bicyclic) bond motifs is 1. The standard InChI is InChI=1S/C16H18O2/c1-3-13-10-15(11(2)18-13)16-14-7-5-4-6-12(14)8-9-17-16/h4-7,10,16H,3,8-9H2,1-2H3. The first-order chi connectivity index (χ1) is 8.79. The molecule has 1 aliphatic heterocycles. The average molecular weight is 242 g/mol. The Morgan fingerprint density at radius 2 is 2.06 bits per heavy atom. The zero-order valence-corrected chi connectivity index (χ0v) is 10.9. The Kier molecular flexibility index (Phi) is 2.96. The van der Waals surface area contributed by atoms with Crippen molar-refractivity contribution >= 4 is 0 Å². The lowest BCUT2D eigenvalue weighted by atomic mass is 9.93. The molecule has 0 radical (unpaired) electrons. The second-order valence-corrected chi connectivity index (χ2v) is 4.78. The van der Waals surface area contributed by atoms with Crippen molar-refractivity contribution in [3.8, 4) is 0 Å². The lowest BCUT2D eigenvalue weighted by Crippen LogP contribution is -2.17. The molecule has 2 heteroatoms. The Morgan fingerprint density at radius 1 is 1.22 bits per heavy atom. The van der Waals surface area contributed by atoms with Crippen LogP contribution in [0.4, 0.5) is 0 Å². The molecule has 1 aromatic heterocycles. The predicted molar refractivity (Wildman–Crippen MR) is 70.8 cm³/mol. The highest BCUT2D eigenvalue weighted by atomic mass is 16.5. The number of rotatable bonds is 2. The molecule has 2 aromatic rings. The van der Waals surface area contributed by atoms with Crippen LogP contribution in [0.2, 0.25) is 0 Å². The maximum atomic E-state index is 5.97. The molecule has 1 atom stereocenters. The third-order valence-corrected chi connectivity index (χ3v) is 3.63. The third-order valence-electron chi connectivity index (χ3n) is 3.63. The fraction of sp³-hybridized carbons (Fsp3) is 0.375. The zero-order valence-electron chi connectivity index (χ0n) is 10.9. The van der Waals surface area contributed by atoms with E-state index in [1.807, 2.05) is 6.92 Å². The van der Waals surface area contributed by atoms with Gasteiger partial charge in [-0.1, -0.05) is 31.2 Å². The van der Waals surface area contributed by atoms with Gasteiger partial charge in [-0.3, -0.25) is 0 Å². The van der Waals surface area contributed by atoms with Crippen molar-refractivity contribution in [3.63, 3.8) is 0 Å². The maximum absolute atomic E-state index is 5.97. The number of ether oxygens (including phenoxy) is 1. The summed E-state index contributed by atoms with van der Waals surface area (Å²) in [5.41, 5.74) is 3.86. The van der Waals surface area contributed by atoms with Crippen molar-refractivity contribution in [2.24, 2.45) is 0 Å². The van der Waals surface area contributed by atoms with Gasteiger partial charge in [0, 0.05) is 12.0 Å². The quantitative estimate of drug-likeness (QED) is 0.799. The molecule has 0 spiro atoms. The SMILES string of the molecule is CCc1cc(C2OCCc3ccccc32)c(C)o1. The highest BCUT2D eigenvalue weighted by Gasteiger charge is 2.25. The van der Waals surface area contributed by atoms with E-state index in [1.54, 1.807) is 0 Å². The Labute approximate surface area is 108 Å². The monoisotopic (exact) mass is 242 g/mol. The van der Waals surface area contributed by atoms with Gasteiger partial charge in [-0.2, -0.15) is 0 Å². The van der Waals surface area contributed by atoms with Gasteiger partial charge in [0.1, 0.15) is 17.6 Å². The van der Waals surface area contributed by atoms with Crippen LogP contribution < -0.4 is 0 Å². The minimum Gasteiger partial charge on any atom is -0.466 e. The van der Waals surface area contributed by atoms with Crippen LogP contribution >= 0.6 is 0 Å². The lowest BCUT2D eigenvalue weighted by Gasteiger charge is -2.25. The van der Waals surface area contributed by atoms with Crippen molar-refractivity contribution in [3.05, 3.63) is 58.5 Å². The molecular weight excluding hydrogens is 224 g/mol. The Bertz CT molecular complexity index is 554. The molecule has 3 rings (SSSR count). The van der Waals surface area contributed by atoms with Crippen LogP contribution in [0.25, 0.3) is 0 Å². The minimum atomic E-state index is 0.0407. The van der Waals surface area contributed by atoms with Crippen molar-refractivity contribution in [1.29, 1.82) is 0 Å². The van der Waals surface area contributed by atoms with Crippen LogP contribution in [0.5, 0.6) is 0 Å². The summed E-state index contributed by atoms with van der Waals surface area (Å²) in [4.78, 5) is 0. The summed E-state index contributed by atoms with van der Waals surface area (Å²) in [7, 11) is 0. The largest absolute Gasteiger partial charge is 0.466 e. The normalized spacial score (nSPS) is 18.7. The minimum absolute atomic E-state index is 0.0407. The summed E-state index contributed by atoms with van der Waals surface area (Å²) < 4.78 is 11.7. The molecule has 0 bridgehead atoms. The maximum Gasteiger partial charge on any atom is 0.111 e. The van der Waals surface area contributed by atoms with Crippen molar-refractivity contribution in [2.75, 3.05) is 6.61 Å². The van der Waals surface area contributed by atoms with E-state index in [-0.39, 0.29) is 6.10 Å². The number of benzene rings is 1. The predicted octanol–water partition coefficient (Wildman–Crippen LogP) is 3.81. The van der Waals surface area contributed by atoms with E-state index in [9.17, 15) is 0 Å². The third kappa shape index (κ3) is 1.87. The molecule has 0 fully saturated rings. The second kappa shape index (κ2) is 4.62. The molecule has 0 aliphatic carbocycles. The molecule has 1 aromatic carbocycles. The fourth-order valence-electron chi connectivity index (χ4n) is 2.65. The molecule has 1 unspecified atom stereocenters. The molecule has 1 aliphatic rings. The van der Waals surface area contributed by atoms with Crippen LogP contribution in [0, 0.1) is 6.92 Å². The van der Waals surface area contributed by atoms with Crippen LogP contribution in [-0.4, -0.2) is 6.61 Å². The lowest BCUT2D eigenvalue weighted by molar-refractivity contribution is 0.0689. The zero-order chi connectivity index (χ0) is 12.5. The number of hydrogen-bond donors (Lipinski definition) is 0. The summed E-state index contributed by atoms with van der Waals surface area (Å²) in [5, 5.41) is 0. The van der Waals surface area contributed by atoms with Gasteiger partial charge in [0.25, 0.3) is 0 Å². The van der Waals surface area contributed by atoms with Crippen molar-refractivity contribution < 1.29 is 9.15 Å². The fourth-order valence-corrected chi connectivity index (χ4v) is 2.65. The van der Waals surface area contributed by atoms with E-state index in [2.05, 4.69) is 37.3 Å². The average Bonchev–Trinajstić information content (AvgIpc) is 2.79. The van der Waals surface area contributed by atoms with Crippen LogP contribution in [0.3, 0.4) is 0 Å². The van der Waals surface area contributed by atoms with Gasteiger partial charge in [0.15, 0.2) is 0 Å². The van der Waals surface area contributed by atoms with Gasteiger partial charge >= 0.3 is 0 Å².